The van der Waals surface area contributed by atoms with Crippen molar-refractivity contribution in [1.29, 1.82) is 0 Å². The lowest BCUT2D eigenvalue weighted by molar-refractivity contribution is -0.146. The molecule has 1 heterocycles. The Balaban J connectivity index is 0.000000290. The van der Waals surface area contributed by atoms with E-state index in [0.717, 1.165) is 35.4 Å². The summed E-state index contributed by atoms with van der Waals surface area (Å²) in [7, 11) is 22.4. The SMILES string of the molecule is C#Cc1cc(F)c(F)cc1N.COC(=O)C1CN(c2cccc(Br)c2)C1.PP(P)P(P)P(P(P)P)P(P)P. The lowest BCUT2D eigenvalue weighted by atomic mass is 9.99. The minimum atomic E-state index is -0.985. The topological polar surface area (TPSA) is 55.6 Å². The van der Waals surface area contributed by atoms with Crippen LogP contribution < -0.4 is 10.6 Å². The summed E-state index contributed by atoms with van der Waals surface area (Å²) in [4.78, 5) is 13.3. The summed E-state index contributed by atoms with van der Waals surface area (Å²) in [5.74, 6) is 0.0935. The van der Waals surface area contributed by atoms with Gasteiger partial charge in [-0.3, -0.25) is 4.79 Å². The quantitative estimate of drug-likeness (QED) is 0.137. The molecule has 0 radical (unpaired) electrons. The molecular formula is C19H31BrF2N2O2P12. The minimum absolute atomic E-state index is 0.0361. The molecule has 0 bridgehead atoms. The van der Waals surface area contributed by atoms with E-state index in [1.807, 2.05) is 24.3 Å². The van der Waals surface area contributed by atoms with Crippen LogP contribution in [-0.2, 0) is 9.53 Å². The first kappa shape index (κ1) is 38.6. The van der Waals surface area contributed by atoms with Gasteiger partial charge >= 0.3 is 5.97 Å². The van der Waals surface area contributed by atoms with Gasteiger partial charge in [-0.05, 0) is 59.2 Å². The molecule has 2 aromatic carbocycles. The smallest absolute Gasteiger partial charge is 0.312 e. The largest absolute Gasteiger partial charge is 0.469 e. The molecule has 8 atom stereocenters. The van der Waals surface area contributed by atoms with Gasteiger partial charge in [0.15, 0.2) is 11.6 Å². The highest BCUT2D eigenvalue weighted by Gasteiger charge is 2.33. The van der Waals surface area contributed by atoms with Gasteiger partial charge in [0.25, 0.3) is 0 Å². The number of ether oxygens (including phenoxy) is 1. The molecule has 19 heteroatoms. The normalized spacial score (nSPS) is 13.8. The van der Waals surface area contributed by atoms with E-state index in [9.17, 15) is 13.6 Å². The summed E-state index contributed by atoms with van der Waals surface area (Å²) in [5.41, 5.74) is 6.64. The Kier molecular flexibility index (Phi) is 20.1. The molecule has 0 amide bonds. The van der Waals surface area contributed by atoms with E-state index in [1.54, 1.807) is 0 Å². The lowest BCUT2D eigenvalue weighted by Gasteiger charge is -2.39. The first-order valence-electron chi connectivity index (χ1n) is 10.3. The van der Waals surface area contributed by atoms with E-state index in [-0.39, 0.29) is 58.1 Å². The van der Waals surface area contributed by atoms with Crippen LogP contribution in [0.25, 0.3) is 0 Å². The van der Waals surface area contributed by atoms with Gasteiger partial charge in [0, 0.05) is 29.3 Å². The average molecular weight is 809 g/mol. The van der Waals surface area contributed by atoms with Crippen molar-refractivity contribution in [3.63, 3.8) is 0 Å². The second-order valence-corrected chi connectivity index (χ2v) is 53.2. The van der Waals surface area contributed by atoms with Crippen LogP contribution in [0.5, 0.6) is 0 Å². The fraction of sp³-hybridized carbons (Fsp3) is 0.211. The molecule has 0 aliphatic carbocycles. The van der Waals surface area contributed by atoms with Crippen molar-refractivity contribution < 1.29 is 18.3 Å². The van der Waals surface area contributed by atoms with E-state index in [0.29, 0.717) is 0 Å². The van der Waals surface area contributed by atoms with Crippen LogP contribution in [0.2, 0.25) is 0 Å². The van der Waals surface area contributed by atoms with Crippen molar-refractivity contribution in [3.05, 3.63) is 58.1 Å². The Morgan fingerprint density at radius 2 is 1.61 bits per heavy atom. The Labute approximate surface area is 254 Å². The number of carbonyl (C=O) groups is 1. The van der Waals surface area contributed by atoms with Crippen molar-refractivity contribution in [2.45, 2.75) is 0 Å². The number of anilines is 2. The molecule has 4 nitrogen and oxygen atoms in total. The van der Waals surface area contributed by atoms with Crippen LogP contribution in [0.4, 0.5) is 20.2 Å². The number of terminal acetylenes is 1. The summed E-state index contributed by atoms with van der Waals surface area (Å²) in [5, 5.41) is 0. The van der Waals surface area contributed by atoms with Gasteiger partial charge in [-0.15, -0.1) is 68.9 Å². The number of methoxy groups -OCH3 is 1. The third-order valence-electron chi connectivity index (χ3n) is 4.67. The highest BCUT2D eigenvalue weighted by molar-refractivity contribution is 9.21. The van der Waals surface area contributed by atoms with Crippen LogP contribution in [0, 0.1) is 29.9 Å². The zero-order valence-electron chi connectivity index (χ0n) is 20.3. The van der Waals surface area contributed by atoms with E-state index >= 15 is 0 Å². The third-order valence-corrected chi connectivity index (χ3v) is 71.8. The molecule has 8 unspecified atom stereocenters. The van der Waals surface area contributed by atoms with Crippen LogP contribution >= 0.6 is 113 Å². The molecule has 2 N–H and O–H groups in total. The maximum Gasteiger partial charge on any atom is 0.312 e. The summed E-state index contributed by atoms with van der Waals surface area (Å²) < 4.78 is 30.5. The van der Waals surface area contributed by atoms with Crippen molar-refractivity contribution in [3.8, 4) is 12.3 Å². The molecule has 0 aromatic heterocycles. The molecule has 1 aliphatic rings. The third kappa shape index (κ3) is 13.1. The van der Waals surface area contributed by atoms with Gasteiger partial charge in [-0.25, -0.2) is 8.78 Å². The number of carbonyl (C=O) groups excluding carboxylic acids is 1. The number of nitrogen functional groups attached to an aromatic ring is 1. The number of rotatable bonds is 6. The monoisotopic (exact) mass is 808 g/mol. The molecule has 0 spiro atoms. The molecule has 1 fully saturated rings. The van der Waals surface area contributed by atoms with Crippen LogP contribution in [0.15, 0.2) is 40.9 Å². The molecule has 38 heavy (non-hydrogen) atoms. The first-order chi connectivity index (χ1) is 17.7. The lowest BCUT2D eigenvalue weighted by Crippen LogP contribution is -2.50. The Morgan fingerprint density at radius 3 is 2.03 bits per heavy atom. The Bertz CT molecular complexity index is 1100. The van der Waals surface area contributed by atoms with Crippen LogP contribution in [0.3, 0.4) is 0 Å². The summed E-state index contributed by atoms with van der Waals surface area (Å²) >= 11 is 3.42. The number of hydrogen-bond acceptors (Lipinski definition) is 4. The zero-order valence-corrected chi connectivity index (χ0v) is 34.4. The van der Waals surface area contributed by atoms with Gasteiger partial charge in [-0.1, -0.05) is 27.9 Å². The molecule has 1 saturated heterocycles. The maximum atomic E-state index is 12.4. The molecule has 0 saturated carbocycles. The zero-order chi connectivity index (χ0) is 29.2. The molecule has 1 aliphatic heterocycles. The standard InChI is InChI=1S/C11H12BrNO2.C8H5F2N.H14P12/c1-15-11(14)8-6-13(7-8)10-4-2-3-9(12)5-10;1-2-5-3-6(9)7(10)4-8(5)11;1-8(2)11(7)12(9(3)4)10(5)6/h2-5,8H,6-7H2,1H3;1,3-4H,11H2;1-7H2. The first-order valence-corrected chi connectivity index (χ1v) is 31.9. The van der Waals surface area contributed by atoms with Gasteiger partial charge in [0.1, 0.15) is 0 Å². The van der Waals surface area contributed by atoms with Gasteiger partial charge in [0.05, 0.1) is 24.3 Å². The van der Waals surface area contributed by atoms with Crippen LogP contribution in [-0.4, -0.2) is 26.2 Å². The van der Waals surface area contributed by atoms with Crippen molar-refractivity contribution in [1.82, 2.24) is 0 Å². The van der Waals surface area contributed by atoms with Crippen molar-refractivity contribution in [2.24, 2.45) is 5.92 Å². The van der Waals surface area contributed by atoms with Crippen molar-refractivity contribution in [2.75, 3.05) is 30.8 Å². The van der Waals surface area contributed by atoms with E-state index in [2.05, 4.69) is 94.0 Å². The highest BCUT2D eigenvalue weighted by Crippen LogP contribution is 3.16. The second kappa shape index (κ2) is 19.8. The number of halogens is 3. The molecule has 3 rings (SSSR count). The Morgan fingerprint density at radius 1 is 1.05 bits per heavy atom. The van der Waals surface area contributed by atoms with Gasteiger partial charge in [-0.2, -0.15) is 0 Å². The summed E-state index contributed by atoms with van der Waals surface area (Å²) in [6, 6.07) is 9.83. The number of nitrogens with zero attached hydrogens (tertiary/aromatic N) is 1. The molecule has 210 valence electrons. The predicted molar refractivity (Wildman–Crippen MR) is 203 cm³/mol. The predicted octanol–water partition coefficient (Wildman–Crippen LogP) is 10.2. The van der Waals surface area contributed by atoms with E-state index in [1.165, 1.54) is 7.11 Å². The van der Waals surface area contributed by atoms with Gasteiger partial charge in [0.2, 0.25) is 0 Å². The van der Waals surface area contributed by atoms with E-state index < -0.39 is 11.6 Å². The minimum Gasteiger partial charge on any atom is -0.469 e. The second-order valence-electron chi connectivity index (χ2n) is 7.33. The number of nitrogens with two attached hydrogens (primary N) is 1. The van der Waals surface area contributed by atoms with E-state index in [4.69, 9.17) is 12.2 Å². The molecular weight excluding hydrogens is 778 g/mol. The number of esters is 1. The van der Waals surface area contributed by atoms with Crippen molar-refractivity contribution >= 4 is 131 Å². The fourth-order valence-corrected chi connectivity index (χ4v) is 106. The van der Waals surface area contributed by atoms with Gasteiger partial charge < -0.3 is 15.4 Å². The average Bonchev–Trinajstić information content (AvgIpc) is 2.80. The number of benzene rings is 2. The number of hydrogen-bond donors (Lipinski definition) is 1. The molecule has 2 aromatic rings. The Hall–Kier alpha value is 2.57. The fourth-order valence-electron chi connectivity index (χ4n) is 2.79. The maximum absolute atomic E-state index is 12.4. The summed E-state index contributed by atoms with van der Waals surface area (Å²) in [6.07, 6.45) is 4.95. The van der Waals surface area contributed by atoms with Crippen LogP contribution in [0.1, 0.15) is 5.56 Å². The summed E-state index contributed by atoms with van der Waals surface area (Å²) in [6.45, 7) is 2.21. The highest BCUT2D eigenvalue weighted by atomic mass is 79.9.